The van der Waals surface area contributed by atoms with Crippen molar-refractivity contribution in [3.63, 3.8) is 0 Å². The first-order valence-corrected chi connectivity index (χ1v) is 14.2. The molecular weight excluding hydrogens is 352 g/mol. The van der Waals surface area contributed by atoms with Crippen LogP contribution in [0.5, 0.6) is 0 Å². The van der Waals surface area contributed by atoms with E-state index in [0.29, 0.717) is 13.2 Å². The van der Waals surface area contributed by atoms with Gasteiger partial charge in [-0.25, -0.2) is 8.42 Å². The summed E-state index contributed by atoms with van der Waals surface area (Å²) in [6.45, 7) is 18.6. The van der Waals surface area contributed by atoms with Crippen molar-refractivity contribution in [2.45, 2.75) is 77.7 Å². The maximum Gasteiger partial charge on any atom is 0.216 e. The van der Waals surface area contributed by atoms with E-state index in [0.717, 1.165) is 13.1 Å². The second-order valence-electron chi connectivity index (χ2n) is 9.63. The number of likely N-dealkylation sites (tertiary alicyclic amines) is 1. The minimum atomic E-state index is -3.19. The van der Waals surface area contributed by atoms with Crippen LogP contribution in [0.2, 0.25) is 18.1 Å². The zero-order chi connectivity index (χ0) is 19.0. The van der Waals surface area contributed by atoms with Gasteiger partial charge < -0.3 is 4.43 Å². The lowest BCUT2D eigenvalue weighted by atomic mass is 10.1. The highest BCUT2D eigenvalue weighted by molar-refractivity contribution is 7.89. The Balaban J connectivity index is 2.11. The summed E-state index contributed by atoms with van der Waals surface area (Å²) < 4.78 is 33.9. The third-order valence-corrected chi connectivity index (χ3v) is 12.8. The normalized spacial score (nSPS) is 27.3. The fraction of sp³-hybridized carbons (Fsp3) is 1.00. The Morgan fingerprint density at radius 2 is 1.72 bits per heavy atom. The zero-order valence-electron chi connectivity index (χ0n) is 17.2. The molecule has 0 amide bonds. The standard InChI is InChI=1S/C18H38N2O3SSi/c1-15(2)17(13-23-25(6,7)18(3,4)5)20-12-16(14-24(20,21)22)19-10-8-9-11-19/h15-17H,8-14H2,1-7H3. The summed E-state index contributed by atoms with van der Waals surface area (Å²) in [6, 6.07) is 0.0911. The van der Waals surface area contributed by atoms with Crippen molar-refractivity contribution >= 4 is 18.3 Å². The molecule has 2 fully saturated rings. The number of nitrogens with zero attached hydrogens (tertiary/aromatic N) is 2. The second-order valence-corrected chi connectivity index (χ2v) is 16.4. The third-order valence-electron chi connectivity index (χ3n) is 6.37. The molecule has 0 bridgehead atoms. The van der Waals surface area contributed by atoms with Crippen LogP contribution >= 0.6 is 0 Å². The Kier molecular flexibility index (Phi) is 6.47. The predicted molar refractivity (Wildman–Crippen MR) is 107 cm³/mol. The van der Waals surface area contributed by atoms with Crippen molar-refractivity contribution in [2.24, 2.45) is 5.92 Å². The average Bonchev–Trinajstić information content (AvgIpc) is 3.05. The molecule has 7 heteroatoms. The molecule has 2 atom stereocenters. The van der Waals surface area contributed by atoms with Crippen molar-refractivity contribution in [3.05, 3.63) is 0 Å². The van der Waals surface area contributed by atoms with Gasteiger partial charge in [0.2, 0.25) is 10.0 Å². The van der Waals surface area contributed by atoms with E-state index in [1.54, 1.807) is 4.31 Å². The predicted octanol–water partition coefficient (Wildman–Crippen LogP) is 3.14. The monoisotopic (exact) mass is 390 g/mol. The highest BCUT2D eigenvalue weighted by Crippen LogP contribution is 2.37. The molecule has 2 heterocycles. The Labute approximate surface area is 156 Å². The highest BCUT2D eigenvalue weighted by atomic mass is 32.2. The molecule has 5 nitrogen and oxygen atoms in total. The molecule has 0 aromatic carbocycles. The largest absolute Gasteiger partial charge is 0.415 e. The van der Waals surface area contributed by atoms with Gasteiger partial charge in [0.1, 0.15) is 0 Å². The van der Waals surface area contributed by atoms with Gasteiger partial charge in [0.15, 0.2) is 8.32 Å². The van der Waals surface area contributed by atoms with Gasteiger partial charge in [-0.2, -0.15) is 4.31 Å². The topological polar surface area (TPSA) is 49.9 Å². The van der Waals surface area contributed by atoms with E-state index in [1.165, 1.54) is 12.8 Å². The molecule has 0 aromatic rings. The molecule has 2 aliphatic heterocycles. The minimum absolute atomic E-state index is 0.0632. The maximum absolute atomic E-state index is 12.9. The van der Waals surface area contributed by atoms with Gasteiger partial charge in [-0.1, -0.05) is 34.6 Å². The lowest BCUT2D eigenvalue weighted by Crippen LogP contribution is -2.49. The van der Waals surface area contributed by atoms with Crippen LogP contribution in [-0.2, 0) is 14.4 Å². The Morgan fingerprint density at radius 1 is 1.16 bits per heavy atom. The second kappa shape index (κ2) is 7.58. The van der Waals surface area contributed by atoms with Gasteiger partial charge in [0.05, 0.1) is 12.4 Å². The van der Waals surface area contributed by atoms with E-state index in [1.807, 2.05) is 0 Å². The van der Waals surface area contributed by atoms with Crippen LogP contribution in [0, 0.1) is 5.92 Å². The lowest BCUT2D eigenvalue weighted by Gasteiger charge is -2.39. The number of hydrogen-bond acceptors (Lipinski definition) is 4. The van der Waals surface area contributed by atoms with Crippen molar-refractivity contribution < 1.29 is 12.8 Å². The van der Waals surface area contributed by atoms with Gasteiger partial charge in [0.25, 0.3) is 0 Å². The lowest BCUT2D eigenvalue weighted by molar-refractivity contribution is 0.144. The summed E-state index contributed by atoms with van der Waals surface area (Å²) >= 11 is 0. The first kappa shape index (κ1) is 21.3. The smallest absolute Gasteiger partial charge is 0.216 e. The summed E-state index contributed by atoms with van der Waals surface area (Å²) in [7, 11) is -5.08. The number of hydrogen-bond donors (Lipinski definition) is 0. The number of sulfonamides is 1. The Bertz CT molecular complexity index is 551. The minimum Gasteiger partial charge on any atom is -0.415 e. The molecule has 2 rings (SSSR count). The van der Waals surface area contributed by atoms with Gasteiger partial charge in [-0.15, -0.1) is 0 Å². The Hall–Kier alpha value is 0.0469. The van der Waals surface area contributed by atoms with E-state index in [4.69, 9.17) is 4.43 Å². The van der Waals surface area contributed by atoms with Crippen LogP contribution in [0.4, 0.5) is 0 Å². The first-order valence-electron chi connectivity index (χ1n) is 9.73. The van der Waals surface area contributed by atoms with Crippen molar-refractivity contribution in [1.29, 1.82) is 0 Å². The Morgan fingerprint density at radius 3 is 2.20 bits per heavy atom. The van der Waals surface area contributed by atoms with Gasteiger partial charge in [-0.3, -0.25) is 4.90 Å². The SMILES string of the molecule is CC(C)C(CO[Si](C)(C)C(C)(C)C)N1CC(N2CCCC2)CS1(=O)=O. The molecule has 148 valence electrons. The molecule has 0 saturated carbocycles. The molecular formula is C18H38N2O3SSi. The maximum atomic E-state index is 12.9. The van der Waals surface area contributed by atoms with Crippen LogP contribution < -0.4 is 0 Å². The van der Waals surface area contributed by atoms with Crippen LogP contribution in [0.1, 0.15) is 47.5 Å². The quantitative estimate of drug-likeness (QED) is 0.654. The third kappa shape index (κ3) is 4.86. The van der Waals surface area contributed by atoms with E-state index in [-0.39, 0.29) is 28.8 Å². The zero-order valence-corrected chi connectivity index (χ0v) is 19.0. The molecule has 0 radical (unpaired) electrons. The summed E-state index contributed by atoms with van der Waals surface area (Å²) in [6.07, 6.45) is 2.39. The van der Waals surface area contributed by atoms with E-state index < -0.39 is 18.3 Å². The van der Waals surface area contributed by atoms with E-state index in [2.05, 4.69) is 52.6 Å². The summed E-state index contributed by atoms with van der Waals surface area (Å²) in [5.74, 6) is 0.521. The van der Waals surface area contributed by atoms with Crippen LogP contribution in [0.25, 0.3) is 0 Å². The van der Waals surface area contributed by atoms with Crippen molar-refractivity contribution in [2.75, 3.05) is 32.0 Å². The average molecular weight is 391 g/mol. The molecule has 25 heavy (non-hydrogen) atoms. The van der Waals surface area contributed by atoms with Gasteiger partial charge in [-0.05, 0) is 50.0 Å². The van der Waals surface area contributed by atoms with Crippen molar-refractivity contribution in [1.82, 2.24) is 9.21 Å². The first-order chi connectivity index (χ1) is 11.3. The molecule has 0 aromatic heterocycles. The summed E-state index contributed by atoms with van der Waals surface area (Å²) in [5, 5.41) is 0.135. The molecule has 0 spiro atoms. The van der Waals surface area contributed by atoms with Gasteiger partial charge >= 0.3 is 0 Å². The summed E-state index contributed by atoms with van der Waals surface area (Å²) in [4.78, 5) is 2.36. The molecule has 2 saturated heterocycles. The van der Waals surface area contributed by atoms with Crippen LogP contribution in [-0.4, -0.2) is 70.0 Å². The molecule has 2 aliphatic rings. The van der Waals surface area contributed by atoms with Crippen molar-refractivity contribution in [3.8, 4) is 0 Å². The number of rotatable bonds is 6. The summed E-state index contributed by atoms with van der Waals surface area (Å²) in [5.41, 5.74) is 0. The fourth-order valence-corrected chi connectivity index (χ4v) is 6.63. The molecule has 0 N–H and O–H groups in total. The highest BCUT2D eigenvalue weighted by Gasteiger charge is 2.45. The van der Waals surface area contributed by atoms with E-state index in [9.17, 15) is 8.42 Å². The fourth-order valence-electron chi connectivity index (χ4n) is 3.50. The van der Waals surface area contributed by atoms with Crippen LogP contribution in [0.15, 0.2) is 0 Å². The van der Waals surface area contributed by atoms with Crippen LogP contribution in [0.3, 0.4) is 0 Å². The molecule has 2 unspecified atom stereocenters. The molecule has 0 aliphatic carbocycles. The van der Waals surface area contributed by atoms with Gasteiger partial charge in [0, 0.05) is 18.6 Å². The van der Waals surface area contributed by atoms with E-state index >= 15 is 0 Å².